The van der Waals surface area contributed by atoms with Gasteiger partial charge in [-0.1, -0.05) is 36.4 Å². The van der Waals surface area contributed by atoms with Crippen molar-refractivity contribution >= 4 is 33.4 Å². The molecule has 3 N–H and O–H groups in total. The van der Waals surface area contributed by atoms with E-state index in [0.717, 1.165) is 64.8 Å². The monoisotopic (exact) mass is 385 g/mol. The van der Waals surface area contributed by atoms with Crippen LogP contribution in [0.2, 0.25) is 0 Å². The van der Waals surface area contributed by atoms with E-state index in [0.29, 0.717) is 0 Å². The summed E-state index contributed by atoms with van der Waals surface area (Å²) in [5.74, 6) is -0.329. The standard InChI is InChI=1S/C24H23N3O2/c25-23(28)14-18-12-17(16-4-2-1-3-5-16)13-21-20-7-6-19(15-22(20)26-24(18)21)27-8-10-29-11-9-27/h1-7,12-13,15,26H,8-11,14H2,(H2,25,28). The zero-order chi connectivity index (χ0) is 19.8. The van der Waals surface area contributed by atoms with Crippen molar-refractivity contribution in [3.63, 3.8) is 0 Å². The first-order valence-corrected chi connectivity index (χ1v) is 9.94. The first-order valence-electron chi connectivity index (χ1n) is 9.94. The quantitative estimate of drug-likeness (QED) is 0.560. The summed E-state index contributed by atoms with van der Waals surface area (Å²) in [6, 6.07) is 21.0. The number of morpholine rings is 1. The Hall–Kier alpha value is -3.31. The SMILES string of the molecule is NC(=O)Cc1cc(-c2ccccc2)cc2c1[nH]c1cc(N3CCOCC3)ccc12. The van der Waals surface area contributed by atoms with Crippen molar-refractivity contribution in [2.24, 2.45) is 5.73 Å². The Morgan fingerprint density at radius 2 is 1.76 bits per heavy atom. The number of rotatable bonds is 4. The number of nitrogens with one attached hydrogen (secondary N) is 1. The molecule has 0 bridgehead atoms. The number of carbonyl (C=O) groups is 1. The lowest BCUT2D eigenvalue weighted by Gasteiger charge is -2.28. The molecule has 1 saturated heterocycles. The van der Waals surface area contributed by atoms with Crippen molar-refractivity contribution in [2.45, 2.75) is 6.42 Å². The van der Waals surface area contributed by atoms with Crippen LogP contribution >= 0.6 is 0 Å². The molecule has 0 unspecified atom stereocenters. The van der Waals surface area contributed by atoms with Crippen LogP contribution in [0.5, 0.6) is 0 Å². The number of anilines is 1. The molecule has 29 heavy (non-hydrogen) atoms. The molecule has 4 aromatic rings. The van der Waals surface area contributed by atoms with E-state index in [9.17, 15) is 4.79 Å². The van der Waals surface area contributed by atoms with Crippen LogP contribution in [0.1, 0.15) is 5.56 Å². The zero-order valence-corrected chi connectivity index (χ0v) is 16.2. The number of aromatic amines is 1. The molecule has 5 rings (SSSR count). The van der Waals surface area contributed by atoms with Crippen LogP contribution in [0, 0.1) is 0 Å². The highest BCUT2D eigenvalue weighted by molar-refractivity contribution is 6.11. The number of H-pyrrole nitrogens is 1. The smallest absolute Gasteiger partial charge is 0.221 e. The van der Waals surface area contributed by atoms with Crippen LogP contribution in [0.3, 0.4) is 0 Å². The number of carbonyl (C=O) groups excluding carboxylic acids is 1. The van der Waals surface area contributed by atoms with E-state index < -0.39 is 0 Å². The van der Waals surface area contributed by atoms with Gasteiger partial charge < -0.3 is 20.4 Å². The predicted molar refractivity (Wildman–Crippen MR) is 117 cm³/mol. The number of aromatic nitrogens is 1. The molecule has 0 aliphatic carbocycles. The van der Waals surface area contributed by atoms with Crippen LogP contribution in [-0.4, -0.2) is 37.2 Å². The molecule has 0 saturated carbocycles. The minimum Gasteiger partial charge on any atom is -0.378 e. The van der Waals surface area contributed by atoms with Crippen LogP contribution < -0.4 is 10.6 Å². The summed E-state index contributed by atoms with van der Waals surface area (Å²) in [5, 5.41) is 2.27. The molecule has 3 aromatic carbocycles. The van der Waals surface area contributed by atoms with E-state index in [2.05, 4.69) is 52.3 Å². The first-order chi connectivity index (χ1) is 14.2. The fourth-order valence-corrected chi connectivity index (χ4v) is 4.21. The van der Waals surface area contributed by atoms with Crippen molar-refractivity contribution in [1.29, 1.82) is 0 Å². The van der Waals surface area contributed by atoms with Gasteiger partial charge in [0, 0.05) is 35.1 Å². The molecule has 1 fully saturated rings. The second-order valence-electron chi connectivity index (χ2n) is 7.52. The average Bonchev–Trinajstić information content (AvgIpc) is 3.13. The summed E-state index contributed by atoms with van der Waals surface area (Å²) in [7, 11) is 0. The zero-order valence-electron chi connectivity index (χ0n) is 16.2. The molecule has 2 heterocycles. The fourth-order valence-electron chi connectivity index (χ4n) is 4.21. The highest BCUT2D eigenvalue weighted by Gasteiger charge is 2.16. The van der Waals surface area contributed by atoms with Gasteiger partial charge >= 0.3 is 0 Å². The second-order valence-corrected chi connectivity index (χ2v) is 7.52. The second kappa shape index (κ2) is 7.26. The Bertz CT molecular complexity index is 1190. The highest BCUT2D eigenvalue weighted by Crippen LogP contribution is 2.34. The maximum absolute atomic E-state index is 11.7. The summed E-state index contributed by atoms with van der Waals surface area (Å²) in [6.07, 6.45) is 0.209. The van der Waals surface area contributed by atoms with Crippen LogP contribution in [0.15, 0.2) is 60.7 Å². The third-order valence-electron chi connectivity index (χ3n) is 5.62. The number of benzene rings is 3. The molecule has 1 aromatic heterocycles. The normalized spacial score (nSPS) is 14.6. The molecular weight excluding hydrogens is 362 g/mol. The molecule has 5 heteroatoms. The van der Waals surface area contributed by atoms with E-state index in [1.54, 1.807) is 0 Å². The number of fused-ring (bicyclic) bond motifs is 3. The lowest BCUT2D eigenvalue weighted by molar-refractivity contribution is -0.117. The van der Waals surface area contributed by atoms with Gasteiger partial charge in [-0.25, -0.2) is 0 Å². The maximum Gasteiger partial charge on any atom is 0.221 e. The number of amides is 1. The van der Waals surface area contributed by atoms with Gasteiger partial charge in [0.05, 0.1) is 25.2 Å². The lowest BCUT2D eigenvalue weighted by atomic mass is 9.97. The molecule has 5 nitrogen and oxygen atoms in total. The van der Waals surface area contributed by atoms with E-state index >= 15 is 0 Å². The van der Waals surface area contributed by atoms with E-state index in [-0.39, 0.29) is 12.3 Å². The Labute approximate surface area is 169 Å². The predicted octanol–water partition coefficient (Wildman–Crippen LogP) is 3.85. The van der Waals surface area contributed by atoms with Crippen molar-refractivity contribution in [1.82, 2.24) is 4.98 Å². The summed E-state index contributed by atoms with van der Waals surface area (Å²) in [4.78, 5) is 17.6. The summed E-state index contributed by atoms with van der Waals surface area (Å²) >= 11 is 0. The lowest BCUT2D eigenvalue weighted by Crippen LogP contribution is -2.36. The highest BCUT2D eigenvalue weighted by atomic mass is 16.5. The molecule has 1 aliphatic rings. The van der Waals surface area contributed by atoms with E-state index in [1.165, 1.54) is 5.69 Å². The third kappa shape index (κ3) is 3.34. The summed E-state index contributed by atoms with van der Waals surface area (Å²) in [6.45, 7) is 3.31. The fraction of sp³-hybridized carbons (Fsp3) is 0.208. The number of ether oxygens (including phenoxy) is 1. The van der Waals surface area contributed by atoms with E-state index in [4.69, 9.17) is 10.5 Å². The number of primary amides is 1. The molecular formula is C24H23N3O2. The van der Waals surface area contributed by atoms with Gasteiger partial charge in [-0.3, -0.25) is 4.79 Å². The Balaban J connectivity index is 1.69. The summed E-state index contributed by atoms with van der Waals surface area (Å²) < 4.78 is 5.47. The minimum atomic E-state index is -0.329. The van der Waals surface area contributed by atoms with Gasteiger partial charge in [0.25, 0.3) is 0 Å². The molecule has 0 atom stereocenters. The number of nitrogens with two attached hydrogens (primary N) is 1. The molecule has 0 spiro atoms. The Kier molecular flexibility index (Phi) is 4.45. The van der Waals surface area contributed by atoms with Gasteiger partial charge in [0.1, 0.15) is 0 Å². The van der Waals surface area contributed by atoms with Crippen LogP contribution in [0.4, 0.5) is 5.69 Å². The van der Waals surface area contributed by atoms with Crippen molar-refractivity contribution in [3.05, 3.63) is 66.2 Å². The van der Waals surface area contributed by atoms with Gasteiger partial charge in [-0.15, -0.1) is 0 Å². The third-order valence-corrected chi connectivity index (χ3v) is 5.62. The topological polar surface area (TPSA) is 71.4 Å². The Morgan fingerprint density at radius 3 is 2.52 bits per heavy atom. The van der Waals surface area contributed by atoms with Crippen molar-refractivity contribution in [3.8, 4) is 11.1 Å². The number of hydrogen-bond donors (Lipinski definition) is 2. The van der Waals surface area contributed by atoms with Crippen molar-refractivity contribution < 1.29 is 9.53 Å². The van der Waals surface area contributed by atoms with Gasteiger partial charge in [0.2, 0.25) is 5.91 Å². The number of nitrogens with zero attached hydrogens (tertiary/aromatic N) is 1. The molecule has 0 radical (unpaired) electrons. The van der Waals surface area contributed by atoms with Gasteiger partial charge in [-0.05, 0) is 41.0 Å². The average molecular weight is 385 g/mol. The van der Waals surface area contributed by atoms with Crippen LogP contribution in [0.25, 0.3) is 32.9 Å². The van der Waals surface area contributed by atoms with Crippen molar-refractivity contribution in [2.75, 3.05) is 31.2 Å². The largest absolute Gasteiger partial charge is 0.378 e. The number of hydrogen-bond acceptors (Lipinski definition) is 3. The molecule has 146 valence electrons. The minimum absolute atomic E-state index is 0.209. The maximum atomic E-state index is 11.7. The first kappa shape index (κ1) is 17.8. The molecule has 1 amide bonds. The van der Waals surface area contributed by atoms with Gasteiger partial charge in [-0.2, -0.15) is 0 Å². The summed E-state index contributed by atoms with van der Waals surface area (Å²) in [5.41, 5.74) is 11.9. The van der Waals surface area contributed by atoms with Crippen LogP contribution in [-0.2, 0) is 16.0 Å². The molecule has 1 aliphatic heterocycles. The van der Waals surface area contributed by atoms with E-state index in [1.807, 2.05) is 18.2 Å². The Morgan fingerprint density at radius 1 is 0.966 bits per heavy atom. The van der Waals surface area contributed by atoms with Gasteiger partial charge in [0.15, 0.2) is 0 Å².